The highest BCUT2D eigenvalue weighted by molar-refractivity contribution is 5.10. The average molecular weight is 266 g/mol. The summed E-state index contributed by atoms with van der Waals surface area (Å²) in [6, 6.07) is 2.83. The minimum atomic E-state index is -0.386. The molecule has 2 fully saturated rings. The first-order chi connectivity index (χ1) is 9.13. The smallest absolute Gasteiger partial charge is 0.109 e. The van der Waals surface area contributed by atoms with Gasteiger partial charge in [-0.15, -0.1) is 0 Å². The van der Waals surface area contributed by atoms with Gasteiger partial charge in [0.05, 0.1) is 25.4 Å². The van der Waals surface area contributed by atoms with E-state index in [2.05, 4.69) is 25.2 Å². The summed E-state index contributed by atoms with van der Waals surface area (Å²) in [4.78, 5) is 0. The molecule has 0 aromatic carbocycles. The number of rotatable bonds is 5. The maximum atomic E-state index is 9.50. The van der Waals surface area contributed by atoms with E-state index in [4.69, 9.17) is 9.47 Å². The Labute approximate surface area is 116 Å². The van der Waals surface area contributed by atoms with E-state index >= 15 is 0 Å². The van der Waals surface area contributed by atoms with Crippen molar-refractivity contribution in [1.82, 2.24) is 5.32 Å². The molecule has 2 aliphatic rings. The van der Waals surface area contributed by atoms with Crippen molar-refractivity contribution < 1.29 is 9.47 Å². The lowest BCUT2D eigenvalue weighted by atomic mass is 9.80. The zero-order chi connectivity index (χ0) is 13.7. The standard InChI is InChI=1S/C15H26N2O2/c1-12(2)17-15(11-16)6-3-4-14(8-15)19-10-13-5-7-18-9-13/h12-14,17H,3-10H2,1-2H3. The van der Waals surface area contributed by atoms with Crippen LogP contribution in [0.4, 0.5) is 0 Å². The van der Waals surface area contributed by atoms with Crippen molar-refractivity contribution in [3.05, 3.63) is 0 Å². The van der Waals surface area contributed by atoms with Gasteiger partial charge in [-0.2, -0.15) is 5.26 Å². The van der Waals surface area contributed by atoms with E-state index in [1.165, 1.54) is 0 Å². The van der Waals surface area contributed by atoms with Crippen LogP contribution < -0.4 is 5.32 Å². The Bertz CT molecular complexity index is 321. The van der Waals surface area contributed by atoms with Crippen molar-refractivity contribution in [3.8, 4) is 6.07 Å². The van der Waals surface area contributed by atoms with Gasteiger partial charge in [0.2, 0.25) is 0 Å². The lowest BCUT2D eigenvalue weighted by molar-refractivity contribution is -0.0106. The SMILES string of the molecule is CC(C)NC1(C#N)CCCC(OCC2CCOC2)C1. The molecule has 4 heteroatoms. The molecule has 1 heterocycles. The second-order valence-electron chi connectivity index (χ2n) is 6.27. The molecule has 0 radical (unpaired) electrons. The lowest BCUT2D eigenvalue weighted by Gasteiger charge is -2.38. The molecule has 0 spiro atoms. The van der Waals surface area contributed by atoms with Crippen molar-refractivity contribution in [2.45, 2.75) is 63.6 Å². The van der Waals surface area contributed by atoms with Crippen molar-refractivity contribution in [2.75, 3.05) is 19.8 Å². The number of nitrogens with zero attached hydrogens (tertiary/aromatic N) is 1. The van der Waals surface area contributed by atoms with Gasteiger partial charge in [-0.3, -0.25) is 5.32 Å². The Kier molecular flexibility index (Phi) is 5.20. The number of ether oxygens (including phenoxy) is 2. The first-order valence-corrected chi connectivity index (χ1v) is 7.52. The fourth-order valence-electron chi connectivity index (χ4n) is 3.17. The van der Waals surface area contributed by atoms with Gasteiger partial charge in [0.1, 0.15) is 5.54 Å². The van der Waals surface area contributed by atoms with E-state index < -0.39 is 0 Å². The first kappa shape index (κ1) is 14.8. The molecule has 0 amide bonds. The highest BCUT2D eigenvalue weighted by Gasteiger charge is 2.37. The highest BCUT2D eigenvalue weighted by atomic mass is 16.5. The summed E-state index contributed by atoms with van der Waals surface area (Å²) < 4.78 is 11.4. The van der Waals surface area contributed by atoms with Gasteiger partial charge in [0, 0.05) is 25.0 Å². The average Bonchev–Trinajstić information content (AvgIpc) is 2.89. The molecular formula is C15H26N2O2. The van der Waals surface area contributed by atoms with Gasteiger partial charge in [0.15, 0.2) is 0 Å². The molecular weight excluding hydrogens is 240 g/mol. The third-order valence-electron chi connectivity index (χ3n) is 4.08. The molecule has 2 rings (SSSR count). The maximum absolute atomic E-state index is 9.50. The molecule has 108 valence electrons. The number of hydrogen-bond donors (Lipinski definition) is 1. The number of nitriles is 1. The minimum absolute atomic E-state index is 0.222. The van der Waals surface area contributed by atoms with Crippen LogP contribution in [0.3, 0.4) is 0 Å². The van der Waals surface area contributed by atoms with Crippen molar-refractivity contribution in [1.29, 1.82) is 5.26 Å². The maximum Gasteiger partial charge on any atom is 0.109 e. The molecule has 19 heavy (non-hydrogen) atoms. The van der Waals surface area contributed by atoms with Crippen LogP contribution in [0.15, 0.2) is 0 Å². The van der Waals surface area contributed by atoms with Gasteiger partial charge >= 0.3 is 0 Å². The molecule has 1 saturated heterocycles. The zero-order valence-corrected chi connectivity index (χ0v) is 12.2. The van der Waals surface area contributed by atoms with Crippen LogP contribution in [0, 0.1) is 17.2 Å². The molecule has 0 bridgehead atoms. The van der Waals surface area contributed by atoms with E-state index in [-0.39, 0.29) is 11.6 Å². The summed E-state index contributed by atoms with van der Waals surface area (Å²) >= 11 is 0. The molecule has 1 aliphatic carbocycles. The fraction of sp³-hybridized carbons (Fsp3) is 0.933. The molecule has 3 unspecified atom stereocenters. The van der Waals surface area contributed by atoms with Gasteiger partial charge in [-0.25, -0.2) is 0 Å². The monoisotopic (exact) mass is 266 g/mol. The number of hydrogen-bond acceptors (Lipinski definition) is 4. The van der Waals surface area contributed by atoms with Crippen molar-refractivity contribution >= 4 is 0 Å². The second-order valence-corrected chi connectivity index (χ2v) is 6.27. The van der Waals surface area contributed by atoms with Gasteiger partial charge < -0.3 is 9.47 Å². The van der Waals surface area contributed by atoms with E-state index in [0.717, 1.165) is 51.9 Å². The van der Waals surface area contributed by atoms with E-state index in [1.54, 1.807) is 0 Å². The molecule has 4 nitrogen and oxygen atoms in total. The second kappa shape index (κ2) is 6.69. The van der Waals surface area contributed by atoms with Gasteiger partial charge in [-0.05, 0) is 39.5 Å². The van der Waals surface area contributed by atoms with Crippen molar-refractivity contribution in [2.24, 2.45) is 5.92 Å². The topological polar surface area (TPSA) is 54.3 Å². The minimum Gasteiger partial charge on any atom is -0.381 e. The Balaban J connectivity index is 1.83. The first-order valence-electron chi connectivity index (χ1n) is 7.52. The highest BCUT2D eigenvalue weighted by Crippen LogP contribution is 2.31. The van der Waals surface area contributed by atoms with Crippen LogP contribution >= 0.6 is 0 Å². The molecule has 0 aromatic heterocycles. The summed E-state index contributed by atoms with van der Waals surface area (Å²) in [6.45, 7) is 6.68. The summed E-state index contributed by atoms with van der Waals surface area (Å²) in [5.74, 6) is 0.552. The summed E-state index contributed by atoms with van der Waals surface area (Å²) in [6.07, 6.45) is 5.24. The van der Waals surface area contributed by atoms with E-state index in [1.807, 2.05) is 0 Å². The largest absolute Gasteiger partial charge is 0.381 e. The molecule has 0 aromatic rings. The summed E-state index contributed by atoms with van der Waals surface area (Å²) in [5, 5.41) is 12.9. The van der Waals surface area contributed by atoms with Crippen LogP contribution in [0.5, 0.6) is 0 Å². The Morgan fingerprint density at radius 2 is 2.32 bits per heavy atom. The zero-order valence-electron chi connectivity index (χ0n) is 12.2. The molecule has 1 aliphatic heterocycles. The predicted molar refractivity (Wildman–Crippen MR) is 73.7 cm³/mol. The van der Waals surface area contributed by atoms with Crippen molar-refractivity contribution in [3.63, 3.8) is 0 Å². The van der Waals surface area contributed by atoms with Crippen LogP contribution in [0.25, 0.3) is 0 Å². The quantitative estimate of drug-likeness (QED) is 0.829. The normalized spacial score (nSPS) is 35.5. The third kappa shape index (κ3) is 4.17. The predicted octanol–water partition coefficient (Wildman–Crippen LogP) is 2.24. The molecule has 1 saturated carbocycles. The number of nitrogens with one attached hydrogen (secondary N) is 1. The van der Waals surface area contributed by atoms with Crippen LogP contribution in [0.2, 0.25) is 0 Å². The molecule has 1 N–H and O–H groups in total. The van der Waals surface area contributed by atoms with Crippen LogP contribution in [-0.2, 0) is 9.47 Å². The summed E-state index contributed by atoms with van der Waals surface area (Å²) in [5.41, 5.74) is -0.386. The van der Waals surface area contributed by atoms with Crippen LogP contribution in [0.1, 0.15) is 46.0 Å². The Morgan fingerprint density at radius 1 is 1.47 bits per heavy atom. The summed E-state index contributed by atoms with van der Waals surface area (Å²) in [7, 11) is 0. The lowest BCUT2D eigenvalue weighted by Crippen LogP contribution is -2.52. The third-order valence-corrected chi connectivity index (χ3v) is 4.08. The van der Waals surface area contributed by atoms with Gasteiger partial charge in [0.25, 0.3) is 0 Å². The van der Waals surface area contributed by atoms with Crippen LogP contribution in [-0.4, -0.2) is 37.5 Å². The Hall–Kier alpha value is -0.630. The Morgan fingerprint density at radius 3 is 2.95 bits per heavy atom. The van der Waals surface area contributed by atoms with E-state index in [9.17, 15) is 5.26 Å². The van der Waals surface area contributed by atoms with Gasteiger partial charge in [-0.1, -0.05) is 0 Å². The van der Waals surface area contributed by atoms with E-state index in [0.29, 0.717) is 12.0 Å². The fourth-order valence-corrected chi connectivity index (χ4v) is 3.17. The molecule has 3 atom stereocenters.